The Labute approximate surface area is 264 Å². The number of benzene rings is 1. The standard InChI is InChI=1S/C32H30ClF2N5O4S/c1-31(2,42)19-39(45(43,44)26-9-10-29(33)37-18-26)25-6-3-21-13-28-20(17-38-40(28)24-7-4-22(34)5-8-24)15-32(21,16-25)30(41)27-14-23(35)11-12-36-27/h4-5,7-14,17-18,25,42H,3,6,15-16,19H2,1-2H3/t25-,32-/m0/s1. The van der Waals surface area contributed by atoms with Crippen LogP contribution in [0, 0.1) is 17.0 Å². The lowest BCUT2D eigenvalue weighted by Crippen LogP contribution is -2.53. The fourth-order valence-corrected chi connectivity index (χ4v) is 8.20. The Balaban J connectivity index is 1.46. The van der Waals surface area contributed by atoms with Crippen molar-refractivity contribution < 1.29 is 27.1 Å². The molecule has 0 radical (unpaired) electrons. The van der Waals surface area contributed by atoms with Gasteiger partial charge >= 0.3 is 0 Å². The first-order valence-corrected chi connectivity index (χ1v) is 16.1. The van der Waals surface area contributed by atoms with Crippen molar-refractivity contribution >= 4 is 33.5 Å². The Morgan fingerprint density at radius 2 is 1.87 bits per heavy atom. The van der Waals surface area contributed by atoms with E-state index >= 15 is 0 Å². The van der Waals surface area contributed by atoms with E-state index < -0.39 is 38.7 Å². The van der Waals surface area contributed by atoms with E-state index in [1.807, 2.05) is 6.08 Å². The topological polar surface area (TPSA) is 118 Å². The minimum atomic E-state index is -4.21. The van der Waals surface area contributed by atoms with Crippen LogP contribution in [0.25, 0.3) is 11.8 Å². The van der Waals surface area contributed by atoms with E-state index in [0.29, 0.717) is 24.1 Å². The molecule has 234 valence electrons. The lowest BCUT2D eigenvalue weighted by atomic mass is 9.60. The van der Waals surface area contributed by atoms with Gasteiger partial charge in [0.1, 0.15) is 27.4 Å². The predicted octanol–water partition coefficient (Wildman–Crippen LogP) is 5.42. The van der Waals surface area contributed by atoms with Crippen molar-refractivity contribution in [1.29, 1.82) is 0 Å². The second-order valence-corrected chi connectivity index (χ2v) is 14.4. The molecule has 0 amide bonds. The minimum Gasteiger partial charge on any atom is -0.389 e. The number of rotatable bonds is 8. The van der Waals surface area contributed by atoms with Crippen LogP contribution < -0.4 is 0 Å². The number of carbonyl (C=O) groups is 1. The Kier molecular flexibility index (Phi) is 7.97. The highest BCUT2D eigenvalue weighted by Gasteiger charge is 2.52. The predicted molar refractivity (Wildman–Crippen MR) is 163 cm³/mol. The average Bonchev–Trinajstić information content (AvgIpc) is 3.40. The van der Waals surface area contributed by atoms with Gasteiger partial charge in [0.25, 0.3) is 0 Å². The molecular formula is C32H30ClF2N5O4S. The normalized spacial score (nSPS) is 20.0. The zero-order chi connectivity index (χ0) is 32.1. The second kappa shape index (κ2) is 11.5. The summed E-state index contributed by atoms with van der Waals surface area (Å²) < 4.78 is 59.1. The largest absolute Gasteiger partial charge is 0.389 e. The Morgan fingerprint density at radius 3 is 2.53 bits per heavy atom. The molecule has 1 saturated carbocycles. The van der Waals surface area contributed by atoms with Crippen molar-refractivity contribution in [3.63, 3.8) is 0 Å². The number of ketones is 1. The third-order valence-electron chi connectivity index (χ3n) is 8.35. The molecule has 0 spiro atoms. The molecule has 0 saturated heterocycles. The lowest BCUT2D eigenvalue weighted by Gasteiger charge is -2.47. The number of fused-ring (bicyclic) bond motifs is 2. The molecular weight excluding hydrogens is 624 g/mol. The Morgan fingerprint density at radius 1 is 1.11 bits per heavy atom. The van der Waals surface area contributed by atoms with Crippen molar-refractivity contribution in [2.45, 2.75) is 56.1 Å². The summed E-state index contributed by atoms with van der Waals surface area (Å²) in [7, 11) is -4.21. The first-order valence-electron chi connectivity index (χ1n) is 14.3. The SMILES string of the molecule is CC(C)(O)CN([C@H]1CCC2=Cc3c(cnn3-c3ccc(F)cc3)C[C@]2(C(=O)c2cc(F)ccn2)C1)S(=O)(=O)c1ccc(Cl)nc1. The number of hydrogen-bond acceptors (Lipinski definition) is 7. The van der Waals surface area contributed by atoms with Crippen molar-refractivity contribution in [2.24, 2.45) is 5.41 Å². The van der Waals surface area contributed by atoms with Crippen LogP contribution in [0.15, 0.2) is 77.6 Å². The van der Waals surface area contributed by atoms with E-state index in [2.05, 4.69) is 15.1 Å². The first kappa shape index (κ1) is 31.2. The van der Waals surface area contributed by atoms with E-state index in [0.717, 1.165) is 29.6 Å². The van der Waals surface area contributed by atoms with Gasteiger partial charge in [-0.25, -0.2) is 26.9 Å². The summed E-state index contributed by atoms with van der Waals surface area (Å²) in [6, 6.07) is 10.1. The van der Waals surface area contributed by atoms with Gasteiger partial charge in [-0.15, -0.1) is 0 Å². The molecule has 6 rings (SSSR count). The smallest absolute Gasteiger partial charge is 0.244 e. The van der Waals surface area contributed by atoms with Crippen molar-refractivity contribution in [3.05, 3.63) is 106 Å². The van der Waals surface area contributed by atoms with Crippen LogP contribution >= 0.6 is 11.6 Å². The molecule has 0 bridgehead atoms. The van der Waals surface area contributed by atoms with Crippen molar-refractivity contribution in [1.82, 2.24) is 24.1 Å². The van der Waals surface area contributed by atoms with Gasteiger partial charge in [-0.1, -0.05) is 17.2 Å². The fourth-order valence-electron chi connectivity index (χ4n) is 6.33. The van der Waals surface area contributed by atoms with E-state index in [1.165, 1.54) is 48.6 Å². The van der Waals surface area contributed by atoms with Crippen molar-refractivity contribution in [3.8, 4) is 5.69 Å². The quantitative estimate of drug-likeness (QED) is 0.199. The van der Waals surface area contributed by atoms with Crippen LogP contribution in [0.3, 0.4) is 0 Å². The summed E-state index contributed by atoms with van der Waals surface area (Å²) in [4.78, 5) is 22.5. The zero-order valence-electron chi connectivity index (χ0n) is 24.5. The maximum Gasteiger partial charge on any atom is 0.244 e. The highest BCUT2D eigenvalue weighted by atomic mass is 35.5. The second-order valence-electron chi connectivity index (χ2n) is 12.1. The summed E-state index contributed by atoms with van der Waals surface area (Å²) in [5, 5.41) is 15.5. The molecule has 13 heteroatoms. The highest BCUT2D eigenvalue weighted by molar-refractivity contribution is 7.89. The molecule has 9 nitrogen and oxygen atoms in total. The molecule has 1 aromatic carbocycles. The van der Waals surface area contributed by atoms with E-state index in [1.54, 1.807) is 23.0 Å². The number of allylic oxidation sites excluding steroid dienone is 1. The third kappa shape index (κ3) is 5.95. The number of pyridine rings is 2. The summed E-state index contributed by atoms with van der Waals surface area (Å²) in [5.74, 6) is -1.44. The molecule has 1 fully saturated rings. The van der Waals surface area contributed by atoms with E-state index in [4.69, 9.17) is 11.6 Å². The molecule has 2 atom stereocenters. The number of aromatic nitrogens is 4. The Hall–Kier alpha value is -3.84. The molecule has 0 unspecified atom stereocenters. The molecule has 45 heavy (non-hydrogen) atoms. The van der Waals surface area contributed by atoms with Gasteiger partial charge < -0.3 is 5.11 Å². The number of carbonyl (C=O) groups excluding carboxylic acids is 1. The van der Waals surface area contributed by atoms with Crippen LogP contribution in [0.4, 0.5) is 8.78 Å². The first-order chi connectivity index (χ1) is 21.3. The molecule has 4 aromatic rings. The highest BCUT2D eigenvalue weighted by Crippen LogP contribution is 2.51. The number of nitrogens with zero attached hydrogens (tertiary/aromatic N) is 5. The summed E-state index contributed by atoms with van der Waals surface area (Å²) in [6.07, 6.45) is 6.77. The van der Waals surface area contributed by atoms with Crippen LogP contribution in [-0.4, -0.2) is 61.5 Å². The Bertz CT molecular complexity index is 1910. The van der Waals surface area contributed by atoms with E-state index in [-0.39, 0.29) is 40.9 Å². The number of halogens is 3. The van der Waals surface area contributed by atoms with Crippen LogP contribution in [-0.2, 0) is 16.4 Å². The van der Waals surface area contributed by atoms with Crippen LogP contribution in [0.5, 0.6) is 0 Å². The van der Waals surface area contributed by atoms with Gasteiger partial charge in [0.05, 0.1) is 28.6 Å². The zero-order valence-corrected chi connectivity index (χ0v) is 26.1. The molecule has 2 aliphatic rings. The molecule has 2 aliphatic carbocycles. The summed E-state index contributed by atoms with van der Waals surface area (Å²) >= 11 is 5.92. The third-order valence-corrected chi connectivity index (χ3v) is 10.5. The molecule has 0 aliphatic heterocycles. The van der Waals surface area contributed by atoms with Crippen LogP contribution in [0.2, 0.25) is 5.15 Å². The monoisotopic (exact) mass is 653 g/mol. The van der Waals surface area contributed by atoms with E-state index in [9.17, 15) is 27.1 Å². The van der Waals surface area contributed by atoms with Gasteiger partial charge in [0, 0.05) is 31.0 Å². The number of Topliss-reactive ketones (excluding diaryl/α,β-unsaturated/α-hetero) is 1. The summed E-state index contributed by atoms with van der Waals surface area (Å²) in [6.45, 7) is 2.77. The molecule has 3 aromatic heterocycles. The minimum absolute atomic E-state index is 0.0490. The lowest BCUT2D eigenvalue weighted by molar-refractivity contribution is 0.0384. The number of aliphatic hydroxyl groups is 1. The average molecular weight is 654 g/mol. The van der Waals surface area contributed by atoms with Gasteiger partial charge in [0.15, 0.2) is 5.78 Å². The molecule has 1 N–H and O–H groups in total. The molecule has 3 heterocycles. The maximum absolute atomic E-state index is 14.5. The number of sulfonamides is 1. The summed E-state index contributed by atoms with van der Waals surface area (Å²) in [5.41, 5.74) is 0.0351. The number of hydrogen-bond donors (Lipinski definition) is 1. The van der Waals surface area contributed by atoms with Gasteiger partial charge in [-0.2, -0.15) is 9.40 Å². The van der Waals surface area contributed by atoms with Gasteiger partial charge in [-0.05, 0) is 93.6 Å². The fraction of sp³-hybridized carbons (Fsp3) is 0.312. The van der Waals surface area contributed by atoms with Gasteiger partial charge in [0.2, 0.25) is 10.0 Å². The maximum atomic E-state index is 14.5. The van der Waals surface area contributed by atoms with Crippen LogP contribution in [0.1, 0.15) is 54.9 Å². The van der Waals surface area contributed by atoms with Crippen molar-refractivity contribution in [2.75, 3.05) is 6.54 Å². The van der Waals surface area contributed by atoms with Gasteiger partial charge in [-0.3, -0.25) is 9.78 Å².